The number of carboxylic acids is 1. The van der Waals surface area contributed by atoms with Gasteiger partial charge in [-0.3, -0.25) is 19.2 Å². The molecule has 13 nitrogen and oxygen atoms in total. The number of carboxylic acid groups (broad SMARTS) is 1. The Bertz CT molecular complexity index is 686. The quantitative estimate of drug-likeness (QED) is 0.108. The van der Waals surface area contributed by atoms with E-state index in [0.717, 1.165) is 0 Å². The lowest BCUT2D eigenvalue weighted by molar-refractivity contribution is -0.143. The summed E-state index contributed by atoms with van der Waals surface area (Å²) in [4.78, 5) is 60.1. The van der Waals surface area contributed by atoms with Gasteiger partial charge in [-0.15, -0.1) is 0 Å². The van der Waals surface area contributed by atoms with Crippen LogP contribution in [-0.4, -0.2) is 76.6 Å². The highest BCUT2D eigenvalue weighted by molar-refractivity contribution is 5.95. The van der Waals surface area contributed by atoms with E-state index in [1.807, 2.05) is 0 Å². The molecule has 5 unspecified atom stereocenters. The molecule has 0 aromatic heterocycles. The van der Waals surface area contributed by atoms with E-state index in [2.05, 4.69) is 16.0 Å². The summed E-state index contributed by atoms with van der Waals surface area (Å²) < 4.78 is 0. The van der Waals surface area contributed by atoms with Gasteiger partial charge in [0.15, 0.2) is 0 Å². The molecule has 0 heterocycles. The third kappa shape index (κ3) is 12.2. The van der Waals surface area contributed by atoms with Crippen molar-refractivity contribution in [3.05, 3.63) is 0 Å². The van der Waals surface area contributed by atoms with Gasteiger partial charge in [0.2, 0.25) is 23.6 Å². The zero-order chi connectivity index (χ0) is 25.7. The molecular weight excluding hydrogens is 436 g/mol. The number of nitrogens with one attached hydrogen (secondary N) is 3. The van der Waals surface area contributed by atoms with Gasteiger partial charge in [0.25, 0.3) is 0 Å². The zero-order valence-corrected chi connectivity index (χ0v) is 19.4. The van der Waals surface area contributed by atoms with E-state index >= 15 is 0 Å². The van der Waals surface area contributed by atoms with E-state index in [4.69, 9.17) is 17.2 Å². The molecule has 0 spiro atoms. The van der Waals surface area contributed by atoms with E-state index in [-0.39, 0.29) is 18.8 Å². The van der Waals surface area contributed by atoms with Gasteiger partial charge < -0.3 is 43.4 Å². The number of rotatable bonds is 16. The minimum Gasteiger partial charge on any atom is -0.480 e. The predicted molar refractivity (Wildman–Crippen MR) is 119 cm³/mol. The summed E-state index contributed by atoms with van der Waals surface area (Å²) in [5.41, 5.74) is 16.1. The average Bonchev–Trinajstić information content (AvgIpc) is 2.69. The van der Waals surface area contributed by atoms with Crippen molar-refractivity contribution in [2.75, 3.05) is 6.54 Å². The van der Waals surface area contributed by atoms with Crippen LogP contribution in [0.2, 0.25) is 0 Å². The number of nitrogens with two attached hydrogens (primary N) is 3. The Hall–Kier alpha value is -2.77. The van der Waals surface area contributed by atoms with Gasteiger partial charge in [0.1, 0.15) is 18.1 Å². The molecule has 11 N–H and O–H groups in total. The van der Waals surface area contributed by atoms with Crippen molar-refractivity contribution in [1.82, 2.24) is 16.0 Å². The van der Waals surface area contributed by atoms with Gasteiger partial charge in [-0.05, 0) is 45.1 Å². The summed E-state index contributed by atoms with van der Waals surface area (Å²) in [6.07, 6.45) is -0.437. The Morgan fingerprint density at radius 3 is 1.91 bits per heavy atom. The van der Waals surface area contributed by atoms with Crippen molar-refractivity contribution in [3.8, 4) is 0 Å². The van der Waals surface area contributed by atoms with Crippen LogP contribution in [0.3, 0.4) is 0 Å². The zero-order valence-electron chi connectivity index (χ0n) is 19.4. The van der Waals surface area contributed by atoms with Crippen molar-refractivity contribution in [2.24, 2.45) is 23.1 Å². The van der Waals surface area contributed by atoms with Gasteiger partial charge in [-0.2, -0.15) is 0 Å². The fraction of sp³-hybridized carbons (Fsp3) is 0.750. The molecule has 190 valence electrons. The number of amides is 4. The Morgan fingerprint density at radius 1 is 0.879 bits per heavy atom. The van der Waals surface area contributed by atoms with Gasteiger partial charge >= 0.3 is 5.97 Å². The van der Waals surface area contributed by atoms with Crippen LogP contribution in [0.1, 0.15) is 52.9 Å². The SMILES string of the molecule is CC(C)CC(NC(=O)C(N)CC(N)=O)C(=O)NC(C(=O)NC(CCCCN)C(=O)O)C(C)O. The van der Waals surface area contributed by atoms with Crippen LogP contribution in [-0.2, 0) is 24.0 Å². The maximum Gasteiger partial charge on any atom is 0.326 e. The molecule has 0 rings (SSSR count). The van der Waals surface area contributed by atoms with Crippen LogP contribution < -0.4 is 33.2 Å². The normalized spacial score (nSPS) is 15.6. The van der Waals surface area contributed by atoms with E-state index in [0.29, 0.717) is 19.4 Å². The van der Waals surface area contributed by atoms with Gasteiger partial charge in [0.05, 0.1) is 18.6 Å². The number of aliphatic hydroxyl groups is 1. The van der Waals surface area contributed by atoms with Crippen LogP contribution in [0.5, 0.6) is 0 Å². The van der Waals surface area contributed by atoms with E-state index in [1.54, 1.807) is 13.8 Å². The Labute approximate surface area is 193 Å². The van der Waals surface area contributed by atoms with Crippen molar-refractivity contribution < 1.29 is 34.2 Å². The highest BCUT2D eigenvalue weighted by atomic mass is 16.4. The third-order valence-corrected chi connectivity index (χ3v) is 4.72. The van der Waals surface area contributed by atoms with Crippen LogP contribution in [0.4, 0.5) is 0 Å². The lowest BCUT2D eigenvalue weighted by Crippen LogP contribution is -2.60. The summed E-state index contributed by atoms with van der Waals surface area (Å²) in [7, 11) is 0. The van der Waals surface area contributed by atoms with Crippen molar-refractivity contribution in [1.29, 1.82) is 0 Å². The Kier molecular flexibility index (Phi) is 13.9. The maximum absolute atomic E-state index is 12.8. The number of hydrogen-bond donors (Lipinski definition) is 8. The largest absolute Gasteiger partial charge is 0.480 e. The van der Waals surface area contributed by atoms with E-state index in [9.17, 15) is 34.2 Å². The first-order valence-electron chi connectivity index (χ1n) is 10.9. The average molecular weight is 475 g/mol. The Morgan fingerprint density at radius 2 is 1.45 bits per heavy atom. The molecule has 4 amide bonds. The Balaban J connectivity index is 5.37. The highest BCUT2D eigenvalue weighted by Crippen LogP contribution is 2.08. The van der Waals surface area contributed by atoms with Gasteiger partial charge in [-0.25, -0.2) is 4.79 Å². The second kappa shape index (κ2) is 15.1. The molecule has 0 aliphatic heterocycles. The van der Waals surface area contributed by atoms with Crippen LogP contribution in [0.15, 0.2) is 0 Å². The monoisotopic (exact) mass is 474 g/mol. The van der Waals surface area contributed by atoms with Crippen LogP contribution >= 0.6 is 0 Å². The van der Waals surface area contributed by atoms with E-state index in [1.165, 1.54) is 6.92 Å². The first-order valence-corrected chi connectivity index (χ1v) is 10.9. The smallest absolute Gasteiger partial charge is 0.326 e. The molecule has 0 aromatic carbocycles. The standard InChI is InChI=1S/C20H38N6O7/c1-10(2)8-14(25-17(29)12(22)9-15(23)28)18(30)26-16(11(3)27)19(31)24-13(20(32)33)6-4-5-7-21/h10-14,16,27H,4-9,21-22H2,1-3H3,(H2,23,28)(H,24,31)(H,25,29)(H,26,30)(H,32,33). The molecular formula is C20H38N6O7. The topological polar surface area (TPSA) is 240 Å². The fourth-order valence-corrected chi connectivity index (χ4v) is 2.96. The molecule has 0 radical (unpaired) electrons. The number of aliphatic carboxylic acids is 1. The molecule has 0 saturated carbocycles. The highest BCUT2D eigenvalue weighted by Gasteiger charge is 2.33. The molecule has 0 fully saturated rings. The van der Waals surface area contributed by atoms with Crippen molar-refractivity contribution >= 4 is 29.6 Å². The second-order valence-corrected chi connectivity index (χ2v) is 8.38. The molecule has 5 atom stereocenters. The number of unbranched alkanes of at least 4 members (excludes halogenated alkanes) is 1. The number of hydrogen-bond acceptors (Lipinski definition) is 8. The molecule has 0 aliphatic carbocycles. The number of aliphatic hydroxyl groups excluding tert-OH is 1. The molecule has 13 heteroatoms. The maximum atomic E-state index is 12.8. The first kappa shape index (κ1) is 30.2. The van der Waals surface area contributed by atoms with E-state index < -0.39 is 66.3 Å². The molecule has 0 saturated heterocycles. The molecule has 0 aliphatic rings. The molecule has 0 bridgehead atoms. The number of carbonyl (C=O) groups is 5. The summed E-state index contributed by atoms with van der Waals surface area (Å²) in [6, 6.07) is -5.07. The summed E-state index contributed by atoms with van der Waals surface area (Å²) in [5.74, 6) is -4.54. The summed E-state index contributed by atoms with van der Waals surface area (Å²) in [6.45, 7) is 5.23. The minimum atomic E-state index is -1.47. The lowest BCUT2D eigenvalue weighted by Gasteiger charge is -2.27. The van der Waals surface area contributed by atoms with Crippen molar-refractivity contribution in [3.63, 3.8) is 0 Å². The van der Waals surface area contributed by atoms with Gasteiger partial charge in [0, 0.05) is 0 Å². The van der Waals surface area contributed by atoms with Gasteiger partial charge in [-0.1, -0.05) is 13.8 Å². The predicted octanol–water partition coefficient (Wildman–Crippen LogP) is -2.72. The fourth-order valence-electron chi connectivity index (χ4n) is 2.96. The lowest BCUT2D eigenvalue weighted by atomic mass is 10.0. The second-order valence-electron chi connectivity index (χ2n) is 8.38. The molecule has 0 aromatic rings. The summed E-state index contributed by atoms with van der Waals surface area (Å²) >= 11 is 0. The summed E-state index contributed by atoms with van der Waals surface area (Å²) in [5, 5.41) is 26.5. The number of primary amides is 1. The minimum absolute atomic E-state index is 0.0498. The third-order valence-electron chi connectivity index (χ3n) is 4.72. The van der Waals surface area contributed by atoms with Crippen LogP contribution in [0.25, 0.3) is 0 Å². The number of carbonyl (C=O) groups excluding carboxylic acids is 4. The van der Waals surface area contributed by atoms with Crippen LogP contribution in [0, 0.1) is 5.92 Å². The van der Waals surface area contributed by atoms with Crippen molar-refractivity contribution in [2.45, 2.75) is 83.1 Å². The first-order chi connectivity index (χ1) is 15.3. The molecule has 33 heavy (non-hydrogen) atoms.